The zero-order chi connectivity index (χ0) is 26.1. The molecule has 6 aliphatic carbocycles. The number of rotatable bonds is 14. The molecule has 0 saturated heterocycles. The van der Waals surface area contributed by atoms with Gasteiger partial charge in [-0.15, -0.1) is 0 Å². The van der Waals surface area contributed by atoms with Gasteiger partial charge in [-0.2, -0.15) is 0 Å². The molecule has 0 heterocycles. The molecule has 200 valence electrons. The standard InChI is InChI=1S/C32H36O6/c1-3-5-7-17-35-19-9-13-21(14-10-19)37-29(33)31-23-26-24(31)28-25(31)27(23)32(26,28)30(34)38-22-15-11-20(12-16-22)36-18-8-6-4-2/h9-16,23-28H,3-8,17-18H2,1-2H3. The lowest BCUT2D eigenvalue weighted by molar-refractivity contribution is -0.627. The molecule has 8 rings (SSSR count). The van der Waals surface area contributed by atoms with Crippen LogP contribution in [0.5, 0.6) is 23.0 Å². The van der Waals surface area contributed by atoms with Crippen molar-refractivity contribution in [3.8, 4) is 23.0 Å². The van der Waals surface area contributed by atoms with Gasteiger partial charge in [-0.1, -0.05) is 39.5 Å². The molecule has 6 fully saturated rings. The van der Waals surface area contributed by atoms with Crippen LogP contribution in [0.2, 0.25) is 0 Å². The SMILES string of the molecule is CCCCCOc1ccc(OC(=O)C23C4C5C2C2C3C4C52C(=O)Oc2ccc(OCCCCC)cc2)cc1. The lowest BCUT2D eigenvalue weighted by atomic mass is 8.92. The number of carbonyl (C=O) groups excluding carboxylic acids is 2. The Labute approximate surface area is 224 Å². The largest absolute Gasteiger partial charge is 0.494 e. The average molecular weight is 517 g/mol. The third kappa shape index (κ3) is 2.84. The summed E-state index contributed by atoms with van der Waals surface area (Å²) >= 11 is 0. The summed E-state index contributed by atoms with van der Waals surface area (Å²) in [5.74, 6) is 4.29. The van der Waals surface area contributed by atoms with Crippen molar-refractivity contribution in [3.05, 3.63) is 48.5 Å². The number of hydrogen-bond acceptors (Lipinski definition) is 6. The van der Waals surface area contributed by atoms with Crippen LogP contribution in [-0.4, -0.2) is 25.2 Å². The van der Waals surface area contributed by atoms with Gasteiger partial charge in [0.2, 0.25) is 0 Å². The molecule has 0 aromatic heterocycles. The molecular formula is C32H36O6. The molecule has 6 aliphatic rings. The second kappa shape index (κ2) is 8.75. The number of unbranched alkanes of at least 4 members (excludes halogenated alkanes) is 4. The monoisotopic (exact) mass is 516 g/mol. The summed E-state index contributed by atoms with van der Waals surface area (Å²) in [6.45, 7) is 5.75. The first-order valence-electron chi connectivity index (χ1n) is 14.5. The van der Waals surface area contributed by atoms with E-state index in [2.05, 4.69) is 13.8 Å². The molecule has 0 spiro atoms. The maximum Gasteiger partial charge on any atom is 0.318 e. The highest BCUT2D eigenvalue weighted by Crippen LogP contribution is 3.10. The average Bonchev–Trinajstić information content (AvgIpc) is 2.95. The van der Waals surface area contributed by atoms with E-state index in [-0.39, 0.29) is 22.8 Å². The minimum Gasteiger partial charge on any atom is -0.494 e. The minimum absolute atomic E-state index is 0.103. The van der Waals surface area contributed by atoms with Crippen LogP contribution in [0.25, 0.3) is 0 Å². The van der Waals surface area contributed by atoms with Crippen LogP contribution >= 0.6 is 0 Å². The van der Waals surface area contributed by atoms with Crippen molar-refractivity contribution in [2.24, 2.45) is 46.3 Å². The van der Waals surface area contributed by atoms with Crippen LogP contribution in [0.15, 0.2) is 48.5 Å². The van der Waals surface area contributed by atoms with Crippen molar-refractivity contribution in [1.82, 2.24) is 0 Å². The first kappa shape index (κ1) is 24.1. The molecule has 0 unspecified atom stereocenters. The van der Waals surface area contributed by atoms with E-state index in [4.69, 9.17) is 18.9 Å². The molecule has 0 atom stereocenters. The molecule has 0 amide bonds. The van der Waals surface area contributed by atoms with Crippen LogP contribution in [0, 0.1) is 46.3 Å². The summed E-state index contributed by atoms with van der Waals surface area (Å²) in [5.41, 5.74) is -0.678. The van der Waals surface area contributed by atoms with Crippen molar-refractivity contribution >= 4 is 11.9 Å². The Morgan fingerprint density at radius 3 is 1.18 bits per heavy atom. The second-order valence-corrected chi connectivity index (χ2v) is 11.9. The fourth-order valence-corrected chi connectivity index (χ4v) is 9.03. The third-order valence-electron chi connectivity index (χ3n) is 10.4. The highest BCUT2D eigenvalue weighted by atomic mass is 16.5. The Hall–Kier alpha value is -3.02. The van der Waals surface area contributed by atoms with Crippen LogP contribution in [-0.2, 0) is 9.59 Å². The Morgan fingerprint density at radius 1 is 0.553 bits per heavy atom. The molecule has 0 aliphatic heterocycles. The van der Waals surface area contributed by atoms with E-state index >= 15 is 0 Å². The van der Waals surface area contributed by atoms with Crippen molar-refractivity contribution in [2.75, 3.05) is 13.2 Å². The van der Waals surface area contributed by atoms with Gasteiger partial charge in [-0.25, -0.2) is 0 Å². The first-order chi connectivity index (χ1) is 18.6. The predicted octanol–water partition coefficient (Wildman–Crippen LogP) is 6.07. The molecular weight excluding hydrogens is 480 g/mol. The van der Waals surface area contributed by atoms with Gasteiger partial charge in [0.15, 0.2) is 0 Å². The zero-order valence-corrected chi connectivity index (χ0v) is 22.2. The topological polar surface area (TPSA) is 71.1 Å². The normalized spacial score (nSPS) is 35.3. The van der Waals surface area contributed by atoms with E-state index in [0.717, 1.165) is 50.0 Å². The van der Waals surface area contributed by atoms with E-state index in [1.165, 1.54) is 0 Å². The summed E-state index contributed by atoms with van der Waals surface area (Å²) in [5, 5.41) is 0. The van der Waals surface area contributed by atoms with Crippen LogP contribution < -0.4 is 18.9 Å². The predicted molar refractivity (Wildman–Crippen MR) is 140 cm³/mol. The lowest BCUT2D eigenvalue weighted by Crippen LogP contribution is -3.12. The first-order valence-corrected chi connectivity index (χ1v) is 14.5. The second-order valence-electron chi connectivity index (χ2n) is 11.9. The Kier molecular flexibility index (Phi) is 5.54. The van der Waals surface area contributed by atoms with Gasteiger partial charge in [-0.3, -0.25) is 9.59 Å². The summed E-state index contributed by atoms with van der Waals surface area (Å²) in [7, 11) is 0. The Morgan fingerprint density at radius 2 is 0.868 bits per heavy atom. The van der Waals surface area contributed by atoms with Crippen LogP contribution in [0.4, 0.5) is 0 Å². The van der Waals surface area contributed by atoms with Gasteiger partial charge in [-0.05, 0) is 96.9 Å². The van der Waals surface area contributed by atoms with Crippen LogP contribution in [0.1, 0.15) is 52.4 Å². The molecule has 0 radical (unpaired) electrons. The number of esters is 2. The van der Waals surface area contributed by atoms with Gasteiger partial charge < -0.3 is 18.9 Å². The van der Waals surface area contributed by atoms with E-state index in [9.17, 15) is 9.59 Å². The maximum atomic E-state index is 13.3. The summed E-state index contributed by atoms with van der Waals surface area (Å²) in [6, 6.07) is 14.7. The Balaban J connectivity index is 0.920. The third-order valence-corrected chi connectivity index (χ3v) is 10.4. The van der Waals surface area contributed by atoms with Crippen molar-refractivity contribution in [2.45, 2.75) is 52.4 Å². The van der Waals surface area contributed by atoms with Gasteiger partial charge in [0.05, 0.1) is 24.0 Å². The van der Waals surface area contributed by atoms with Gasteiger partial charge in [0.25, 0.3) is 0 Å². The van der Waals surface area contributed by atoms with E-state index in [1.807, 2.05) is 48.5 Å². The Bertz CT molecular complexity index is 1080. The van der Waals surface area contributed by atoms with E-state index in [0.29, 0.717) is 60.2 Å². The molecule has 2 aromatic carbocycles. The minimum atomic E-state index is -0.339. The summed E-state index contributed by atoms with van der Waals surface area (Å²) in [6.07, 6.45) is 6.72. The van der Waals surface area contributed by atoms with Crippen molar-refractivity contribution in [3.63, 3.8) is 0 Å². The van der Waals surface area contributed by atoms with E-state index < -0.39 is 0 Å². The molecule has 0 N–H and O–H groups in total. The quantitative estimate of drug-likeness (QED) is 0.172. The van der Waals surface area contributed by atoms with Gasteiger partial charge in [0, 0.05) is 0 Å². The number of ether oxygens (including phenoxy) is 4. The number of hydrogen-bond donors (Lipinski definition) is 0. The fourth-order valence-electron chi connectivity index (χ4n) is 9.03. The molecule has 6 nitrogen and oxygen atoms in total. The molecule has 38 heavy (non-hydrogen) atoms. The summed E-state index contributed by atoms with van der Waals surface area (Å²) < 4.78 is 23.2. The van der Waals surface area contributed by atoms with Gasteiger partial charge >= 0.3 is 11.9 Å². The zero-order valence-electron chi connectivity index (χ0n) is 22.2. The molecule has 2 aromatic rings. The number of benzene rings is 2. The summed E-state index contributed by atoms with van der Waals surface area (Å²) in [4.78, 5) is 26.5. The highest BCUT2D eigenvalue weighted by Gasteiger charge is 3.13. The van der Waals surface area contributed by atoms with Crippen molar-refractivity contribution in [1.29, 1.82) is 0 Å². The van der Waals surface area contributed by atoms with Gasteiger partial charge in [0.1, 0.15) is 23.0 Å². The number of carbonyl (C=O) groups is 2. The van der Waals surface area contributed by atoms with E-state index in [1.54, 1.807) is 0 Å². The molecule has 0 bridgehead atoms. The molecule has 6 heteroatoms. The lowest BCUT2D eigenvalue weighted by Gasteiger charge is -3.08. The van der Waals surface area contributed by atoms with Crippen LogP contribution in [0.3, 0.4) is 0 Å². The fraction of sp³-hybridized carbons (Fsp3) is 0.562. The highest BCUT2D eigenvalue weighted by molar-refractivity contribution is 5.98. The van der Waals surface area contributed by atoms with Crippen molar-refractivity contribution < 1.29 is 28.5 Å². The molecule has 6 saturated carbocycles. The smallest absolute Gasteiger partial charge is 0.318 e. The maximum absolute atomic E-state index is 13.3.